The molecule has 32 heavy (non-hydrogen) atoms. The van der Waals surface area contributed by atoms with E-state index in [4.69, 9.17) is 9.47 Å². The Morgan fingerprint density at radius 2 is 1.66 bits per heavy atom. The fraction of sp³-hybridized carbons (Fsp3) is 0.357. The van der Waals surface area contributed by atoms with Crippen LogP contribution in [0.25, 0.3) is 0 Å². The van der Waals surface area contributed by atoms with Crippen LogP contribution in [0.2, 0.25) is 0 Å². The smallest absolute Gasteiger partial charge is 0.130 e. The molecule has 4 nitrogen and oxygen atoms in total. The molecule has 0 spiro atoms. The molecule has 0 saturated carbocycles. The summed E-state index contributed by atoms with van der Waals surface area (Å²) < 4.78 is 11.9. The normalized spacial score (nSPS) is 17.7. The van der Waals surface area contributed by atoms with Crippen molar-refractivity contribution in [2.45, 2.75) is 51.4 Å². The van der Waals surface area contributed by atoms with Crippen LogP contribution in [0, 0.1) is 6.92 Å². The Balaban J connectivity index is 1.91. The molecule has 0 aromatic heterocycles. The van der Waals surface area contributed by atoms with Crippen molar-refractivity contribution in [1.29, 1.82) is 0 Å². The van der Waals surface area contributed by atoms with Crippen molar-refractivity contribution in [2.75, 3.05) is 13.7 Å². The molecular formula is C28H32O4. The van der Waals surface area contributed by atoms with Gasteiger partial charge in [0, 0.05) is 23.0 Å². The van der Waals surface area contributed by atoms with Crippen molar-refractivity contribution in [3.05, 3.63) is 82.4 Å². The molecule has 1 aliphatic rings. The summed E-state index contributed by atoms with van der Waals surface area (Å²) in [5.74, 6) is 2.64. The lowest BCUT2D eigenvalue weighted by atomic mass is 9.74. The maximum absolute atomic E-state index is 10.8. The number of hydrogen-bond acceptors (Lipinski definition) is 4. The minimum absolute atomic E-state index is 0.0570. The molecule has 2 N–H and O–H groups in total. The molecule has 1 aliphatic heterocycles. The van der Waals surface area contributed by atoms with Gasteiger partial charge in [-0.05, 0) is 66.6 Å². The van der Waals surface area contributed by atoms with Crippen LogP contribution in [-0.4, -0.2) is 23.9 Å². The van der Waals surface area contributed by atoms with Crippen molar-refractivity contribution in [1.82, 2.24) is 0 Å². The minimum atomic E-state index is 0.0570. The van der Waals surface area contributed by atoms with E-state index < -0.39 is 0 Å². The van der Waals surface area contributed by atoms with Crippen molar-refractivity contribution in [3.63, 3.8) is 0 Å². The molecule has 0 radical (unpaired) electrons. The second-order valence-electron chi connectivity index (χ2n) is 8.65. The highest BCUT2D eigenvalue weighted by atomic mass is 16.5. The Kier molecular flexibility index (Phi) is 6.31. The standard InChI is InChI=1S/C28H32O4/c1-5-18(6-2)27-24(30)13-12-22-26(20-9-14-25(31-4)17(3)15-20)23(16-32-28(22)27)19-7-10-21(29)11-8-19/h7-15,18,23,26,29-30H,5-6,16H2,1-4H3. The van der Waals surface area contributed by atoms with Gasteiger partial charge in [0.15, 0.2) is 0 Å². The second kappa shape index (κ2) is 9.15. The average molecular weight is 433 g/mol. The number of fused-ring (bicyclic) bond motifs is 1. The Morgan fingerprint density at radius 1 is 0.969 bits per heavy atom. The summed E-state index contributed by atoms with van der Waals surface area (Å²) in [6.45, 7) is 6.87. The van der Waals surface area contributed by atoms with Crippen LogP contribution in [0.5, 0.6) is 23.0 Å². The summed E-state index contributed by atoms with van der Waals surface area (Å²) in [5.41, 5.74) is 5.41. The van der Waals surface area contributed by atoms with E-state index in [9.17, 15) is 10.2 Å². The molecular weight excluding hydrogens is 400 g/mol. The third-order valence-corrected chi connectivity index (χ3v) is 6.84. The quantitative estimate of drug-likeness (QED) is 0.459. The molecule has 4 heteroatoms. The number of hydrogen-bond donors (Lipinski definition) is 2. The Morgan fingerprint density at radius 3 is 2.28 bits per heavy atom. The summed E-state index contributed by atoms with van der Waals surface area (Å²) >= 11 is 0. The zero-order valence-electron chi connectivity index (χ0n) is 19.3. The molecule has 3 aromatic carbocycles. The van der Waals surface area contributed by atoms with Gasteiger partial charge in [0.2, 0.25) is 0 Å². The lowest BCUT2D eigenvalue weighted by Crippen LogP contribution is -2.26. The van der Waals surface area contributed by atoms with Crippen molar-refractivity contribution >= 4 is 0 Å². The largest absolute Gasteiger partial charge is 0.508 e. The fourth-order valence-electron chi connectivity index (χ4n) is 5.11. The van der Waals surface area contributed by atoms with Gasteiger partial charge in [-0.3, -0.25) is 0 Å². The van der Waals surface area contributed by atoms with E-state index in [-0.39, 0.29) is 23.5 Å². The molecule has 0 saturated heterocycles. The summed E-state index contributed by atoms with van der Waals surface area (Å²) in [6, 6.07) is 17.6. The van der Waals surface area contributed by atoms with Gasteiger partial charge in [-0.25, -0.2) is 0 Å². The van der Waals surface area contributed by atoms with Crippen molar-refractivity contribution in [3.8, 4) is 23.0 Å². The maximum Gasteiger partial charge on any atom is 0.130 e. The van der Waals surface area contributed by atoms with Crippen molar-refractivity contribution < 1.29 is 19.7 Å². The van der Waals surface area contributed by atoms with Crippen LogP contribution in [0.1, 0.15) is 72.3 Å². The van der Waals surface area contributed by atoms with E-state index in [0.29, 0.717) is 12.4 Å². The molecule has 0 bridgehead atoms. The third-order valence-electron chi connectivity index (χ3n) is 6.84. The number of methoxy groups -OCH3 is 1. The molecule has 4 rings (SSSR count). The minimum Gasteiger partial charge on any atom is -0.508 e. The molecule has 1 heterocycles. The first-order valence-electron chi connectivity index (χ1n) is 11.4. The van der Waals surface area contributed by atoms with Gasteiger partial charge in [-0.1, -0.05) is 44.2 Å². The first-order valence-corrected chi connectivity index (χ1v) is 11.4. The van der Waals surface area contributed by atoms with Gasteiger partial charge >= 0.3 is 0 Å². The van der Waals surface area contributed by atoms with Crippen molar-refractivity contribution in [2.24, 2.45) is 0 Å². The van der Waals surface area contributed by atoms with Gasteiger partial charge in [0.25, 0.3) is 0 Å². The molecule has 0 amide bonds. The number of ether oxygens (including phenoxy) is 2. The first-order chi connectivity index (χ1) is 15.5. The zero-order valence-corrected chi connectivity index (χ0v) is 19.3. The van der Waals surface area contributed by atoms with Crippen LogP contribution < -0.4 is 9.47 Å². The molecule has 3 aromatic rings. The van der Waals surface area contributed by atoms with E-state index in [2.05, 4.69) is 32.9 Å². The number of benzene rings is 3. The number of aromatic hydroxyl groups is 2. The summed E-state index contributed by atoms with van der Waals surface area (Å²) in [7, 11) is 1.69. The van der Waals surface area contributed by atoms with Gasteiger partial charge in [-0.15, -0.1) is 0 Å². The second-order valence-corrected chi connectivity index (χ2v) is 8.65. The SMILES string of the molecule is CCC(CC)c1c(O)ccc2c1OCC(c1ccc(O)cc1)C2c1ccc(OC)c(C)c1. The van der Waals surface area contributed by atoms with Crippen LogP contribution >= 0.6 is 0 Å². The van der Waals surface area contributed by atoms with E-state index in [0.717, 1.165) is 46.6 Å². The van der Waals surface area contributed by atoms with Crippen LogP contribution in [-0.2, 0) is 0 Å². The molecule has 0 aliphatic carbocycles. The van der Waals surface area contributed by atoms with E-state index in [1.165, 1.54) is 5.56 Å². The lowest BCUT2D eigenvalue weighted by Gasteiger charge is -2.37. The predicted octanol–water partition coefficient (Wildman–Crippen LogP) is 6.63. The fourth-order valence-corrected chi connectivity index (χ4v) is 5.11. The number of phenols is 2. The highest BCUT2D eigenvalue weighted by molar-refractivity contribution is 5.58. The molecule has 168 valence electrons. The summed E-state index contributed by atoms with van der Waals surface area (Å²) in [6.07, 6.45) is 1.88. The first kappa shape index (κ1) is 22.1. The molecule has 2 atom stereocenters. The Bertz CT molecular complexity index is 1080. The lowest BCUT2D eigenvalue weighted by molar-refractivity contribution is 0.242. The van der Waals surface area contributed by atoms with E-state index in [1.54, 1.807) is 19.2 Å². The van der Waals surface area contributed by atoms with E-state index in [1.807, 2.05) is 30.3 Å². The van der Waals surface area contributed by atoms with Gasteiger partial charge in [0.05, 0.1) is 13.7 Å². The zero-order chi connectivity index (χ0) is 22.8. The maximum atomic E-state index is 10.8. The van der Waals surface area contributed by atoms with Crippen LogP contribution in [0.4, 0.5) is 0 Å². The average Bonchev–Trinajstić information content (AvgIpc) is 2.81. The summed E-state index contributed by atoms with van der Waals surface area (Å²) in [4.78, 5) is 0. The van der Waals surface area contributed by atoms with E-state index >= 15 is 0 Å². The van der Waals surface area contributed by atoms with Gasteiger partial charge < -0.3 is 19.7 Å². The molecule has 0 fully saturated rings. The highest BCUT2D eigenvalue weighted by Crippen LogP contribution is 2.51. The Labute approximate surface area is 190 Å². The number of rotatable bonds is 6. The third kappa shape index (κ3) is 3.90. The topological polar surface area (TPSA) is 58.9 Å². The number of phenolic OH excluding ortho intramolecular Hbond substituents is 2. The van der Waals surface area contributed by atoms with Gasteiger partial charge in [0.1, 0.15) is 23.0 Å². The highest BCUT2D eigenvalue weighted by Gasteiger charge is 2.36. The van der Waals surface area contributed by atoms with Crippen LogP contribution in [0.3, 0.4) is 0 Å². The predicted molar refractivity (Wildman–Crippen MR) is 127 cm³/mol. The monoisotopic (exact) mass is 432 g/mol. The number of aryl methyl sites for hydroxylation is 1. The summed E-state index contributed by atoms with van der Waals surface area (Å²) in [5, 5.41) is 20.6. The van der Waals surface area contributed by atoms with Gasteiger partial charge in [-0.2, -0.15) is 0 Å². The molecule has 2 unspecified atom stereocenters. The van der Waals surface area contributed by atoms with Crippen LogP contribution in [0.15, 0.2) is 54.6 Å². The Hall–Kier alpha value is -3.14.